The number of nitrogens with one attached hydrogen (secondary N) is 2. The Morgan fingerprint density at radius 3 is 2.65 bits per heavy atom. The van der Waals surface area contributed by atoms with Crippen molar-refractivity contribution in [2.75, 3.05) is 38.7 Å². The highest BCUT2D eigenvalue weighted by Crippen LogP contribution is 2.33. The van der Waals surface area contributed by atoms with E-state index in [0.29, 0.717) is 36.7 Å². The molecule has 3 heterocycles. The number of para-hydroxylation sites is 1. The van der Waals surface area contributed by atoms with Gasteiger partial charge in [0.25, 0.3) is 0 Å². The van der Waals surface area contributed by atoms with E-state index in [4.69, 9.17) is 9.47 Å². The molecule has 0 spiro atoms. The molecule has 2 aromatic carbocycles. The number of rotatable bonds is 10. The van der Waals surface area contributed by atoms with Crippen molar-refractivity contribution < 1.29 is 19.1 Å². The number of H-pyrrole nitrogens is 1. The zero-order valence-corrected chi connectivity index (χ0v) is 21.0. The first kappa shape index (κ1) is 24.7. The average molecular weight is 499 g/mol. The van der Waals surface area contributed by atoms with Crippen LogP contribution in [0.3, 0.4) is 0 Å². The van der Waals surface area contributed by atoms with Gasteiger partial charge in [-0.05, 0) is 55.5 Å². The Hall–Kier alpha value is -4.01. The summed E-state index contributed by atoms with van der Waals surface area (Å²) in [6.45, 7) is 5.32. The highest BCUT2D eigenvalue weighted by atomic mass is 16.5. The first-order valence-corrected chi connectivity index (χ1v) is 12.4. The van der Waals surface area contributed by atoms with Crippen LogP contribution in [0, 0.1) is 6.92 Å². The van der Waals surface area contributed by atoms with Crippen LogP contribution in [0.25, 0.3) is 10.9 Å². The molecule has 1 amide bonds. The summed E-state index contributed by atoms with van der Waals surface area (Å²) in [7, 11) is 1.70. The maximum atomic E-state index is 13.1. The van der Waals surface area contributed by atoms with Crippen molar-refractivity contribution >= 4 is 28.3 Å². The second kappa shape index (κ2) is 10.9. The third-order valence-electron chi connectivity index (χ3n) is 6.52. The topological polar surface area (TPSA) is 96.5 Å². The van der Waals surface area contributed by atoms with E-state index in [1.54, 1.807) is 31.4 Å². The largest absolute Gasteiger partial charge is 0.492 e. The maximum Gasteiger partial charge on any atom is 0.241 e. The van der Waals surface area contributed by atoms with E-state index in [1.807, 2.05) is 49.4 Å². The van der Waals surface area contributed by atoms with E-state index >= 15 is 0 Å². The molecular weight excluding hydrogens is 468 g/mol. The molecule has 0 aliphatic carbocycles. The molecule has 4 aromatic rings. The maximum absolute atomic E-state index is 13.1. The van der Waals surface area contributed by atoms with Crippen LogP contribution in [-0.4, -0.2) is 60.0 Å². The van der Waals surface area contributed by atoms with Crippen LogP contribution < -0.4 is 10.1 Å². The Bertz CT molecular complexity index is 1430. The first-order valence-electron chi connectivity index (χ1n) is 12.4. The number of aryl methyl sites for hydroxylation is 1. The molecule has 8 heteroatoms. The summed E-state index contributed by atoms with van der Waals surface area (Å²) < 4.78 is 11.3. The number of benzene rings is 2. The number of carbonyl (C=O) groups excluding carboxylic acids is 2. The molecule has 0 saturated carbocycles. The highest BCUT2D eigenvalue weighted by molar-refractivity contribution is 6.24. The molecular formula is C29H30N4O4. The molecule has 5 rings (SSSR count). The summed E-state index contributed by atoms with van der Waals surface area (Å²) in [4.78, 5) is 35.9. The number of amides is 1. The number of ether oxygens (including phenoxy) is 2. The number of fused-ring (bicyclic) bond motifs is 2. The lowest BCUT2D eigenvalue weighted by molar-refractivity contribution is -0.116. The van der Waals surface area contributed by atoms with Crippen LogP contribution in [0.5, 0.6) is 5.75 Å². The second-order valence-electron chi connectivity index (χ2n) is 9.19. The van der Waals surface area contributed by atoms with E-state index in [2.05, 4.69) is 20.2 Å². The number of hydrogen-bond donors (Lipinski definition) is 2. The van der Waals surface area contributed by atoms with Gasteiger partial charge in [-0.15, -0.1) is 0 Å². The lowest BCUT2D eigenvalue weighted by Crippen LogP contribution is -2.33. The standard InChI is InChI=1S/C29H30N4O4/c1-19-6-5-7-21(30-19)18-33(12-14-36-2)13-15-37-22-10-11-24-20(16-22)17-26(31-24)27-28(34)23-8-3-4-9-25(23)32-29(27)35/h3-11,16-17,27,31H,12-15,18H2,1-2H3,(H,32,35). The molecule has 0 saturated heterocycles. The van der Waals surface area contributed by atoms with E-state index in [9.17, 15) is 9.59 Å². The molecule has 1 unspecified atom stereocenters. The van der Waals surface area contributed by atoms with Crippen molar-refractivity contribution in [1.82, 2.24) is 14.9 Å². The Morgan fingerprint density at radius 1 is 0.973 bits per heavy atom. The minimum absolute atomic E-state index is 0.207. The van der Waals surface area contributed by atoms with Gasteiger partial charge in [0.2, 0.25) is 5.91 Å². The molecule has 1 atom stereocenters. The first-order chi connectivity index (χ1) is 18.0. The van der Waals surface area contributed by atoms with Crippen molar-refractivity contribution in [2.24, 2.45) is 0 Å². The predicted octanol–water partition coefficient (Wildman–Crippen LogP) is 4.32. The van der Waals surface area contributed by atoms with Gasteiger partial charge in [0.05, 0.1) is 18.0 Å². The van der Waals surface area contributed by atoms with Crippen LogP contribution in [-0.2, 0) is 16.1 Å². The van der Waals surface area contributed by atoms with Crippen LogP contribution in [0.4, 0.5) is 5.69 Å². The highest BCUT2D eigenvalue weighted by Gasteiger charge is 2.36. The van der Waals surface area contributed by atoms with Crippen LogP contribution in [0.1, 0.15) is 33.4 Å². The number of hydrogen-bond acceptors (Lipinski definition) is 6. The van der Waals surface area contributed by atoms with Crippen LogP contribution in [0.2, 0.25) is 0 Å². The summed E-state index contributed by atoms with van der Waals surface area (Å²) in [6.07, 6.45) is 0. The smallest absolute Gasteiger partial charge is 0.241 e. The van der Waals surface area contributed by atoms with Gasteiger partial charge in [-0.3, -0.25) is 19.5 Å². The lowest BCUT2D eigenvalue weighted by Gasteiger charge is -2.22. The molecule has 0 radical (unpaired) electrons. The number of aromatic nitrogens is 2. The SMILES string of the molecule is COCCN(CCOc1ccc2[nH]c(C3C(=O)Nc4ccccc4C3=O)cc2c1)Cc1cccc(C)n1. The van der Waals surface area contributed by atoms with Crippen LogP contribution in [0.15, 0.2) is 66.7 Å². The third-order valence-corrected chi connectivity index (χ3v) is 6.52. The van der Waals surface area contributed by atoms with Crippen molar-refractivity contribution in [3.8, 4) is 5.75 Å². The van der Waals surface area contributed by atoms with Gasteiger partial charge in [0.15, 0.2) is 5.78 Å². The van der Waals surface area contributed by atoms with Gasteiger partial charge < -0.3 is 19.8 Å². The minimum Gasteiger partial charge on any atom is -0.492 e. The van der Waals surface area contributed by atoms with E-state index < -0.39 is 5.92 Å². The van der Waals surface area contributed by atoms with E-state index in [0.717, 1.165) is 41.1 Å². The Morgan fingerprint density at radius 2 is 1.81 bits per heavy atom. The Kier molecular flexibility index (Phi) is 7.30. The zero-order valence-electron chi connectivity index (χ0n) is 21.0. The van der Waals surface area contributed by atoms with Crippen molar-refractivity contribution in [3.63, 3.8) is 0 Å². The summed E-state index contributed by atoms with van der Waals surface area (Å²) in [5, 5.41) is 3.73. The van der Waals surface area contributed by atoms with Gasteiger partial charge in [-0.25, -0.2) is 0 Å². The molecule has 0 fully saturated rings. The average Bonchev–Trinajstić information content (AvgIpc) is 3.30. The van der Waals surface area contributed by atoms with Crippen LogP contribution >= 0.6 is 0 Å². The van der Waals surface area contributed by atoms with E-state index in [-0.39, 0.29) is 11.7 Å². The Labute approximate surface area is 215 Å². The van der Waals surface area contributed by atoms with Gasteiger partial charge >= 0.3 is 0 Å². The predicted molar refractivity (Wildman–Crippen MR) is 142 cm³/mol. The number of Topliss-reactive ketones (excluding diaryl/α,β-unsaturated/α-hetero) is 1. The normalized spacial score (nSPS) is 15.2. The van der Waals surface area contributed by atoms with Crippen molar-refractivity contribution in [1.29, 1.82) is 0 Å². The number of carbonyl (C=O) groups is 2. The summed E-state index contributed by atoms with van der Waals surface area (Å²) in [6, 6.07) is 20.7. The molecule has 1 aliphatic rings. The van der Waals surface area contributed by atoms with Gasteiger partial charge in [-0.1, -0.05) is 18.2 Å². The monoisotopic (exact) mass is 498 g/mol. The fourth-order valence-electron chi connectivity index (χ4n) is 4.65. The fourth-order valence-corrected chi connectivity index (χ4v) is 4.65. The fraction of sp³-hybridized carbons (Fsp3) is 0.276. The molecule has 190 valence electrons. The number of anilines is 1. The van der Waals surface area contributed by atoms with Crippen molar-refractivity contribution in [3.05, 3.63) is 89.4 Å². The molecule has 0 bridgehead atoms. The molecule has 2 N–H and O–H groups in total. The number of pyridine rings is 1. The number of methoxy groups -OCH3 is 1. The summed E-state index contributed by atoms with van der Waals surface area (Å²) >= 11 is 0. The quantitative estimate of drug-likeness (QED) is 0.316. The summed E-state index contributed by atoms with van der Waals surface area (Å²) in [5.41, 5.74) is 4.50. The summed E-state index contributed by atoms with van der Waals surface area (Å²) in [5.74, 6) is -0.716. The lowest BCUT2D eigenvalue weighted by atomic mass is 9.89. The molecule has 8 nitrogen and oxygen atoms in total. The van der Waals surface area contributed by atoms with E-state index in [1.165, 1.54) is 0 Å². The molecule has 2 aromatic heterocycles. The van der Waals surface area contributed by atoms with Gasteiger partial charge in [0.1, 0.15) is 18.3 Å². The van der Waals surface area contributed by atoms with Gasteiger partial charge in [0, 0.05) is 54.6 Å². The number of aromatic amines is 1. The molecule has 37 heavy (non-hydrogen) atoms. The number of ketones is 1. The zero-order chi connectivity index (χ0) is 25.8. The van der Waals surface area contributed by atoms with Gasteiger partial charge in [-0.2, -0.15) is 0 Å². The number of nitrogens with zero attached hydrogens (tertiary/aromatic N) is 2. The molecule has 1 aliphatic heterocycles. The third kappa shape index (κ3) is 5.55. The van der Waals surface area contributed by atoms with Crippen molar-refractivity contribution in [2.45, 2.75) is 19.4 Å². The minimum atomic E-state index is -0.906. The second-order valence-corrected chi connectivity index (χ2v) is 9.19. The Balaban J connectivity index is 1.26.